The average molecular weight is 240 g/mol. The van der Waals surface area contributed by atoms with Gasteiger partial charge in [-0.25, -0.2) is 4.39 Å². The van der Waals surface area contributed by atoms with Crippen molar-refractivity contribution in [2.24, 2.45) is 0 Å². The van der Waals surface area contributed by atoms with Crippen LogP contribution in [0, 0.1) is 15.9 Å². The predicted octanol–water partition coefficient (Wildman–Crippen LogP) is 2.86. The van der Waals surface area contributed by atoms with Gasteiger partial charge in [0.15, 0.2) is 0 Å². The van der Waals surface area contributed by atoms with Crippen molar-refractivity contribution in [3.8, 4) is 0 Å². The molecular formula is C11H13FN2O3. The Morgan fingerprint density at radius 2 is 2.24 bits per heavy atom. The van der Waals surface area contributed by atoms with Gasteiger partial charge in [0.1, 0.15) is 11.5 Å². The summed E-state index contributed by atoms with van der Waals surface area (Å²) < 4.78 is 12.8. The second kappa shape index (κ2) is 5.93. The van der Waals surface area contributed by atoms with Crippen LogP contribution in [0.15, 0.2) is 18.2 Å². The quantitative estimate of drug-likeness (QED) is 0.635. The number of nitrogens with one attached hydrogen (secondary N) is 1. The van der Waals surface area contributed by atoms with Crippen LogP contribution in [0.25, 0.3) is 0 Å². The first-order valence-corrected chi connectivity index (χ1v) is 5.28. The van der Waals surface area contributed by atoms with Gasteiger partial charge in [0.05, 0.1) is 11.0 Å². The van der Waals surface area contributed by atoms with Crippen molar-refractivity contribution >= 4 is 17.3 Å². The average Bonchev–Trinajstić information content (AvgIpc) is 2.28. The largest absolute Gasteiger partial charge is 0.320 e. The van der Waals surface area contributed by atoms with Crippen LogP contribution in [0.1, 0.15) is 26.2 Å². The van der Waals surface area contributed by atoms with Crippen LogP contribution >= 0.6 is 0 Å². The van der Waals surface area contributed by atoms with E-state index < -0.39 is 16.4 Å². The molecule has 0 saturated carbocycles. The van der Waals surface area contributed by atoms with Gasteiger partial charge >= 0.3 is 0 Å². The van der Waals surface area contributed by atoms with Crippen molar-refractivity contribution in [3.63, 3.8) is 0 Å². The number of anilines is 1. The Bertz CT molecular complexity index is 435. The van der Waals surface area contributed by atoms with E-state index in [2.05, 4.69) is 5.32 Å². The monoisotopic (exact) mass is 240 g/mol. The summed E-state index contributed by atoms with van der Waals surface area (Å²) in [6, 6.07) is 3.05. The third-order valence-corrected chi connectivity index (χ3v) is 2.19. The summed E-state index contributed by atoms with van der Waals surface area (Å²) in [6.07, 6.45) is 1.87. The van der Waals surface area contributed by atoms with Crippen LogP contribution in [-0.2, 0) is 4.79 Å². The van der Waals surface area contributed by atoms with Gasteiger partial charge in [-0.1, -0.05) is 13.3 Å². The zero-order valence-electron chi connectivity index (χ0n) is 9.40. The Hall–Kier alpha value is -1.98. The van der Waals surface area contributed by atoms with Crippen molar-refractivity contribution in [1.82, 2.24) is 0 Å². The van der Waals surface area contributed by atoms with E-state index in [1.807, 2.05) is 6.92 Å². The first kappa shape index (κ1) is 13.1. The minimum atomic E-state index is -0.724. The molecule has 1 aromatic carbocycles. The molecule has 1 aromatic rings. The Kier molecular flexibility index (Phi) is 4.56. The standard InChI is InChI=1S/C11H13FN2O3/c1-2-3-4-11(15)13-9-6-5-8(12)7-10(9)14(16)17/h5-7H,2-4H2,1H3,(H,13,15). The predicted molar refractivity (Wildman–Crippen MR) is 61.2 cm³/mol. The summed E-state index contributed by atoms with van der Waals surface area (Å²) in [5, 5.41) is 13.1. The number of amides is 1. The van der Waals surface area contributed by atoms with E-state index in [1.54, 1.807) is 0 Å². The number of hydrogen-bond donors (Lipinski definition) is 1. The number of hydrogen-bond acceptors (Lipinski definition) is 3. The Balaban J connectivity index is 2.83. The molecule has 0 aliphatic heterocycles. The molecule has 0 spiro atoms. The molecule has 6 heteroatoms. The van der Waals surface area contributed by atoms with Gasteiger partial charge in [-0.05, 0) is 18.6 Å². The summed E-state index contributed by atoms with van der Waals surface area (Å²) in [5.74, 6) is -1.01. The summed E-state index contributed by atoms with van der Waals surface area (Å²) in [7, 11) is 0. The fourth-order valence-electron chi connectivity index (χ4n) is 1.31. The number of carbonyl (C=O) groups excluding carboxylic acids is 1. The molecule has 0 fully saturated rings. The maximum Gasteiger partial charge on any atom is 0.295 e. The lowest BCUT2D eigenvalue weighted by Crippen LogP contribution is -2.12. The van der Waals surface area contributed by atoms with Crippen LogP contribution in [-0.4, -0.2) is 10.8 Å². The molecule has 0 atom stereocenters. The van der Waals surface area contributed by atoms with E-state index >= 15 is 0 Å². The molecule has 0 bridgehead atoms. The lowest BCUT2D eigenvalue weighted by atomic mass is 10.2. The van der Waals surface area contributed by atoms with Gasteiger partial charge in [-0.15, -0.1) is 0 Å². The van der Waals surface area contributed by atoms with Crippen LogP contribution < -0.4 is 5.32 Å². The Morgan fingerprint density at radius 3 is 2.82 bits per heavy atom. The Morgan fingerprint density at radius 1 is 1.53 bits per heavy atom. The van der Waals surface area contributed by atoms with E-state index in [1.165, 1.54) is 6.07 Å². The number of rotatable bonds is 5. The fourth-order valence-corrected chi connectivity index (χ4v) is 1.31. The third-order valence-electron chi connectivity index (χ3n) is 2.19. The number of carbonyl (C=O) groups is 1. The molecule has 0 heterocycles. The molecule has 0 saturated heterocycles. The van der Waals surface area contributed by atoms with Gasteiger partial charge in [0.25, 0.3) is 5.69 Å². The van der Waals surface area contributed by atoms with Crippen molar-refractivity contribution in [1.29, 1.82) is 0 Å². The first-order valence-electron chi connectivity index (χ1n) is 5.28. The van der Waals surface area contributed by atoms with E-state index in [0.29, 0.717) is 12.8 Å². The summed E-state index contributed by atoms with van der Waals surface area (Å²) >= 11 is 0. The van der Waals surface area contributed by atoms with Gasteiger partial charge < -0.3 is 5.32 Å². The van der Waals surface area contributed by atoms with Crippen molar-refractivity contribution in [2.75, 3.05) is 5.32 Å². The fraction of sp³-hybridized carbons (Fsp3) is 0.364. The maximum atomic E-state index is 12.8. The third kappa shape index (κ3) is 3.82. The van der Waals surface area contributed by atoms with Gasteiger partial charge in [0.2, 0.25) is 5.91 Å². The molecule has 0 aromatic heterocycles. The molecule has 0 radical (unpaired) electrons. The topological polar surface area (TPSA) is 72.2 Å². The zero-order chi connectivity index (χ0) is 12.8. The number of unbranched alkanes of at least 4 members (excludes halogenated alkanes) is 1. The lowest BCUT2D eigenvalue weighted by Gasteiger charge is -2.05. The van der Waals surface area contributed by atoms with Crippen LogP contribution in [0.4, 0.5) is 15.8 Å². The minimum absolute atomic E-state index is 0.0255. The molecule has 1 amide bonds. The van der Waals surface area contributed by atoms with Crippen LogP contribution in [0.3, 0.4) is 0 Å². The van der Waals surface area contributed by atoms with E-state index in [0.717, 1.165) is 18.6 Å². The molecule has 92 valence electrons. The van der Waals surface area contributed by atoms with Gasteiger partial charge in [-0.2, -0.15) is 0 Å². The van der Waals surface area contributed by atoms with Crippen molar-refractivity contribution in [2.45, 2.75) is 26.2 Å². The highest BCUT2D eigenvalue weighted by Crippen LogP contribution is 2.25. The molecule has 0 aliphatic carbocycles. The SMILES string of the molecule is CCCCC(=O)Nc1ccc(F)cc1[N+](=O)[O-]. The van der Waals surface area contributed by atoms with Crippen LogP contribution in [0.2, 0.25) is 0 Å². The van der Waals surface area contributed by atoms with Gasteiger partial charge in [-0.3, -0.25) is 14.9 Å². The molecule has 1 N–H and O–H groups in total. The molecular weight excluding hydrogens is 227 g/mol. The number of nitro groups is 1. The highest BCUT2D eigenvalue weighted by molar-refractivity contribution is 5.92. The van der Waals surface area contributed by atoms with Crippen molar-refractivity contribution < 1.29 is 14.1 Å². The number of benzene rings is 1. The molecule has 17 heavy (non-hydrogen) atoms. The summed E-state index contributed by atoms with van der Waals surface area (Å²) in [6.45, 7) is 1.94. The lowest BCUT2D eigenvalue weighted by molar-refractivity contribution is -0.384. The molecule has 0 unspecified atom stereocenters. The molecule has 0 aliphatic rings. The second-order valence-electron chi connectivity index (χ2n) is 3.57. The zero-order valence-corrected chi connectivity index (χ0v) is 9.40. The number of nitro benzene ring substituents is 1. The van der Waals surface area contributed by atoms with Crippen LogP contribution in [0.5, 0.6) is 0 Å². The summed E-state index contributed by atoms with van der Waals surface area (Å²) in [4.78, 5) is 21.3. The maximum absolute atomic E-state index is 12.8. The smallest absolute Gasteiger partial charge is 0.295 e. The van der Waals surface area contributed by atoms with E-state index in [9.17, 15) is 19.3 Å². The normalized spacial score (nSPS) is 10.0. The van der Waals surface area contributed by atoms with E-state index in [-0.39, 0.29) is 11.6 Å². The summed E-state index contributed by atoms with van der Waals surface area (Å²) in [5.41, 5.74) is -0.410. The second-order valence-corrected chi connectivity index (χ2v) is 3.57. The minimum Gasteiger partial charge on any atom is -0.320 e. The molecule has 5 nitrogen and oxygen atoms in total. The van der Waals surface area contributed by atoms with E-state index in [4.69, 9.17) is 0 Å². The Labute approximate surface area is 97.8 Å². The molecule has 1 rings (SSSR count). The highest BCUT2D eigenvalue weighted by atomic mass is 19.1. The highest BCUT2D eigenvalue weighted by Gasteiger charge is 2.16. The van der Waals surface area contributed by atoms with Crippen molar-refractivity contribution in [3.05, 3.63) is 34.1 Å². The van der Waals surface area contributed by atoms with Gasteiger partial charge in [0, 0.05) is 6.42 Å². The number of nitrogens with zero attached hydrogens (tertiary/aromatic N) is 1. The number of halogens is 1. The first-order chi connectivity index (χ1) is 8.04.